The molecule has 0 radical (unpaired) electrons. The Morgan fingerprint density at radius 1 is 0.909 bits per heavy atom. The second kappa shape index (κ2) is 5.48. The van der Waals surface area contributed by atoms with Crippen LogP contribution in [-0.4, -0.2) is 9.78 Å². The number of benzene rings is 2. The summed E-state index contributed by atoms with van der Waals surface area (Å²) < 4.78 is 2.17. The number of anilines is 1. The van der Waals surface area contributed by atoms with Gasteiger partial charge in [0.15, 0.2) is 0 Å². The van der Waals surface area contributed by atoms with Crippen LogP contribution in [-0.2, 0) is 0 Å². The summed E-state index contributed by atoms with van der Waals surface area (Å²) >= 11 is 0. The zero-order chi connectivity index (χ0) is 14.9. The lowest BCUT2D eigenvalue weighted by atomic mass is 9.96. The average molecular weight is 291 g/mol. The van der Waals surface area contributed by atoms with E-state index in [1.807, 2.05) is 18.3 Å². The molecule has 1 aliphatic carbocycles. The van der Waals surface area contributed by atoms with E-state index in [2.05, 4.69) is 40.2 Å². The van der Waals surface area contributed by atoms with E-state index in [1.54, 1.807) is 0 Å². The molecule has 1 saturated carbocycles. The number of nitrogens with two attached hydrogens (primary N) is 1. The van der Waals surface area contributed by atoms with Crippen LogP contribution >= 0.6 is 0 Å². The van der Waals surface area contributed by atoms with Crippen molar-refractivity contribution in [1.29, 1.82) is 0 Å². The van der Waals surface area contributed by atoms with Gasteiger partial charge in [0.25, 0.3) is 0 Å². The summed E-state index contributed by atoms with van der Waals surface area (Å²) in [5.41, 5.74) is 9.08. The first-order chi connectivity index (χ1) is 10.8. The molecule has 0 saturated heterocycles. The number of hydrogen-bond donors (Lipinski definition) is 1. The minimum atomic E-state index is 0.586. The number of fused-ring (bicyclic) bond motifs is 1. The maximum atomic E-state index is 5.85. The zero-order valence-electron chi connectivity index (χ0n) is 12.7. The van der Waals surface area contributed by atoms with Gasteiger partial charge in [0.1, 0.15) is 0 Å². The molecule has 1 aliphatic rings. The molecule has 1 fully saturated rings. The lowest BCUT2D eigenvalue weighted by Gasteiger charge is -2.21. The molecule has 0 atom stereocenters. The third-order valence-corrected chi connectivity index (χ3v) is 4.75. The second-order valence-electron chi connectivity index (χ2n) is 6.32. The highest BCUT2D eigenvalue weighted by molar-refractivity contribution is 5.89. The third-order valence-electron chi connectivity index (χ3n) is 4.75. The molecule has 3 nitrogen and oxygen atoms in total. The van der Waals surface area contributed by atoms with Crippen LogP contribution in [0.2, 0.25) is 0 Å². The van der Waals surface area contributed by atoms with Crippen molar-refractivity contribution in [3.63, 3.8) is 0 Å². The van der Waals surface area contributed by atoms with Gasteiger partial charge in [-0.1, -0.05) is 37.5 Å². The maximum absolute atomic E-state index is 5.85. The molecule has 0 unspecified atom stereocenters. The fraction of sp³-hybridized carbons (Fsp3) is 0.316. The summed E-state index contributed by atoms with van der Waals surface area (Å²) in [6, 6.07) is 13.2. The van der Waals surface area contributed by atoms with Crippen LogP contribution in [0.5, 0.6) is 0 Å². The van der Waals surface area contributed by atoms with Gasteiger partial charge in [0.2, 0.25) is 0 Å². The fourth-order valence-electron chi connectivity index (χ4n) is 3.48. The molecule has 0 amide bonds. The highest BCUT2D eigenvalue weighted by Gasteiger charge is 2.16. The molecular formula is C19H21N3. The van der Waals surface area contributed by atoms with Gasteiger partial charge in [0.05, 0.1) is 12.2 Å². The van der Waals surface area contributed by atoms with Gasteiger partial charge in [0, 0.05) is 17.4 Å². The lowest BCUT2D eigenvalue weighted by Crippen LogP contribution is -2.12. The Kier molecular flexibility index (Phi) is 3.34. The first-order valence-corrected chi connectivity index (χ1v) is 8.13. The molecule has 1 heterocycles. The molecular weight excluding hydrogens is 270 g/mol. The minimum absolute atomic E-state index is 0.586. The highest BCUT2D eigenvalue weighted by atomic mass is 15.3. The quantitative estimate of drug-likeness (QED) is 0.690. The van der Waals surface area contributed by atoms with Gasteiger partial charge < -0.3 is 5.73 Å². The molecule has 0 bridgehead atoms. The van der Waals surface area contributed by atoms with Crippen molar-refractivity contribution < 1.29 is 0 Å². The van der Waals surface area contributed by atoms with Gasteiger partial charge in [-0.15, -0.1) is 0 Å². The van der Waals surface area contributed by atoms with Crippen molar-refractivity contribution in [2.75, 3.05) is 5.73 Å². The molecule has 1 aromatic heterocycles. The van der Waals surface area contributed by atoms with Gasteiger partial charge in [-0.3, -0.25) is 4.68 Å². The second-order valence-corrected chi connectivity index (χ2v) is 6.32. The Bertz CT molecular complexity index is 797. The van der Waals surface area contributed by atoms with Crippen LogP contribution in [0.25, 0.3) is 21.9 Å². The summed E-state index contributed by atoms with van der Waals surface area (Å²) in [5, 5.41) is 7.01. The smallest absolute Gasteiger partial charge is 0.0568 e. The summed E-state index contributed by atoms with van der Waals surface area (Å²) in [7, 11) is 0. The average Bonchev–Trinajstić information content (AvgIpc) is 3.05. The molecule has 2 N–H and O–H groups in total. The standard InChI is InChI=1S/C19H21N3/c20-18-9-8-14-10-15(6-7-16(14)11-18)17-12-21-22(13-17)19-4-2-1-3-5-19/h6-13,19H,1-5,20H2. The van der Waals surface area contributed by atoms with Gasteiger partial charge in [-0.05, 0) is 47.4 Å². The lowest BCUT2D eigenvalue weighted by molar-refractivity contribution is 0.329. The van der Waals surface area contributed by atoms with E-state index in [9.17, 15) is 0 Å². The van der Waals surface area contributed by atoms with Crippen molar-refractivity contribution in [3.05, 3.63) is 48.8 Å². The summed E-state index contributed by atoms with van der Waals surface area (Å²) in [6.45, 7) is 0. The predicted octanol–water partition coefficient (Wildman–Crippen LogP) is 4.79. The molecule has 4 rings (SSSR count). The Morgan fingerprint density at radius 2 is 1.68 bits per heavy atom. The van der Waals surface area contributed by atoms with Crippen molar-refractivity contribution >= 4 is 16.5 Å². The number of rotatable bonds is 2. The van der Waals surface area contributed by atoms with Crippen molar-refractivity contribution in [2.24, 2.45) is 0 Å². The molecule has 0 aliphatic heterocycles. The first kappa shape index (κ1) is 13.4. The molecule has 2 aromatic carbocycles. The monoisotopic (exact) mass is 291 g/mol. The summed E-state index contributed by atoms with van der Waals surface area (Å²) in [5.74, 6) is 0. The van der Waals surface area contributed by atoms with Crippen molar-refractivity contribution in [2.45, 2.75) is 38.1 Å². The van der Waals surface area contributed by atoms with Crippen LogP contribution in [0.3, 0.4) is 0 Å². The molecule has 22 heavy (non-hydrogen) atoms. The Morgan fingerprint density at radius 3 is 2.55 bits per heavy atom. The fourth-order valence-corrected chi connectivity index (χ4v) is 3.48. The van der Waals surface area contributed by atoms with Crippen LogP contribution in [0.15, 0.2) is 48.8 Å². The van der Waals surface area contributed by atoms with E-state index in [4.69, 9.17) is 5.73 Å². The molecule has 112 valence electrons. The Hall–Kier alpha value is -2.29. The van der Waals surface area contributed by atoms with Crippen molar-refractivity contribution in [3.8, 4) is 11.1 Å². The zero-order valence-corrected chi connectivity index (χ0v) is 12.7. The molecule has 3 aromatic rings. The topological polar surface area (TPSA) is 43.8 Å². The van der Waals surface area contributed by atoms with Crippen LogP contribution in [0.4, 0.5) is 5.69 Å². The predicted molar refractivity (Wildman–Crippen MR) is 91.7 cm³/mol. The van der Waals surface area contributed by atoms with E-state index in [0.717, 1.165) is 5.69 Å². The minimum Gasteiger partial charge on any atom is -0.399 e. The van der Waals surface area contributed by atoms with Gasteiger partial charge in [-0.25, -0.2) is 0 Å². The van der Waals surface area contributed by atoms with Crippen molar-refractivity contribution in [1.82, 2.24) is 9.78 Å². The van der Waals surface area contributed by atoms with E-state index < -0.39 is 0 Å². The van der Waals surface area contributed by atoms with Gasteiger partial charge >= 0.3 is 0 Å². The molecule has 3 heteroatoms. The number of nitrogen functional groups attached to an aromatic ring is 1. The summed E-state index contributed by atoms with van der Waals surface area (Å²) in [4.78, 5) is 0. The number of nitrogens with zero attached hydrogens (tertiary/aromatic N) is 2. The first-order valence-electron chi connectivity index (χ1n) is 8.13. The normalized spacial score (nSPS) is 16.2. The third kappa shape index (κ3) is 2.47. The number of aromatic nitrogens is 2. The maximum Gasteiger partial charge on any atom is 0.0568 e. The Balaban J connectivity index is 1.66. The van der Waals surface area contributed by atoms with Gasteiger partial charge in [-0.2, -0.15) is 5.10 Å². The van der Waals surface area contributed by atoms with Crippen LogP contribution in [0.1, 0.15) is 38.1 Å². The molecule has 0 spiro atoms. The van der Waals surface area contributed by atoms with E-state index in [-0.39, 0.29) is 0 Å². The SMILES string of the molecule is Nc1ccc2cc(-c3cnn(C4CCCCC4)c3)ccc2c1. The van der Waals surface area contributed by atoms with E-state index in [0.29, 0.717) is 6.04 Å². The number of hydrogen-bond acceptors (Lipinski definition) is 2. The van der Waals surface area contributed by atoms with E-state index >= 15 is 0 Å². The van der Waals surface area contributed by atoms with Crippen LogP contribution in [0, 0.1) is 0 Å². The largest absolute Gasteiger partial charge is 0.399 e. The summed E-state index contributed by atoms with van der Waals surface area (Å²) in [6.07, 6.45) is 10.8. The Labute approximate surface area is 130 Å². The van der Waals surface area contributed by atoms with E-state index in [1.165, 1.54) is 54.0 Å². The van der Waals surface area contributed by atoms with Crippen LogP contribution < -0.4 is 5.73 Å². The highest BCUT2D eigenvalue weighted by Crippen LogP contribution is 2.30.